The van der Waals surface area contributed by atoms with E-state index in [0.29, 0.717) is 12.2 Å². The number of benzene rings is 1. The summed E-state index contributed by atoms with van der Waals surface area (Å²) in [6.07, 6.45) is 0.584. The fourth-order valence-corrected chi connectivity index (χ4v) is 3.19. The van der Waals surface area contributed by atoms with Crippen LogP contribution >= 0.6 is 11.8 Å². The second kappa shape index (κ2) is 10.6. The van der Waals surface area contributed by atoms with Gasteiger partial charge in [0.25, 0.3) is 10.1 Å². The van der Waals surface area contributed by atoms with Gasteiger partial charge in [-0.15, -0.1) is 0 Å². The van der Waals surface area contributed by atoms with Crippen molar-refractivity contribution in [3.63, 3.8) is 0 Å². The van der Waals surface area contributed by atoms with Gasteiger partial charge in [-0.1, -0.05) is 31.7 Å². The maximum atomic E-state index is 12.3. The summed E-state index contributed by atoms with van der Waals surface area (Å²) in [5.41, 5.74) is 0.159. The summed E-state index contributed by atoms with van der Waals surface area (Å²) in [5.74, 6) is -0.220. The molecule has 1 rings (SSSR count). The molecule has 0 amide bonds. The second-order valence-electron chi connectivity index (χ2n) is 5.55. The summed E-state index contributed by atoms with van der Waals surface area (Å²) >= 11 is 1.07. The van der Waals surface area contributed by atoms with E-state index in [0.717, 1.165) is 17.8 Å². The van der Waals surface area contributed by atoms with Crippen LogP contribution in [-0.4, -0.2) is 29.7 Å². The molecule has 9 heteroatoms. The molecule has 0 radical (unpaired) electrons. The maximum absolute atomic E-state index is 12.3. The molecular weight excluding hydrogens is 361 g/mol. The number of carbonyl (C=O) groups is 1. The second-order valence-corrected chi connectivity index (χ2v) is 8.17. The zero-order valence-electron chi connectivity index (χ0n) is 14.2. The van der Waals surface area contributed by atoms with Gasteiger partial charge in [-0.05, 0) is 42.4 Å². The molecule has 6 nitrogen and oxygen atoms in total. The zero-order chi connectivity index (χ0) is 17.6. The van der Waals surface area contributed by atoms with Gasteiger partial charge >= 0.3 is 29.6 Å². The van der Waals surface area contributed by atoms with Crippen molar-refractivity contribution in [2.45, 2.75) is 32.1 Å². The van der Waals surface area contributed by atoms with E-state index in [-0.39, 0.29) is 51.2 Å². The van der Waals surface area contributed by atoms with Gasteiger partial charge in [0.2, 0.25) is 0 Å². The van der Waals surface area contributed by atoms with Crippen LogP contribution in [-0.2, 0) is 14.9 Å². The van der Waals surface area contributed by atoms with Crippen LogP contribution in [0.25, 0.3) is 0 Å². The molecule has 0 fully saturated rings. The summed E-state index contributed by atoms with van der Waals surface area (Å²) in [4.78, 5) is 14.7. The molecule has 0 aromatic heterocycles. The number of aliphatic imine (C=N–C) groups is 1. The summed E-state index contributed by atoms with van der Waals surface area (Å²) < 4.78 is 31.3. The standard InChI is InChI=1S/C15H21NO5S2.Na/c1-10(2)7-12(9-22-11(3)17)15(18)16-13-5-4-6-14(8-13)23(19,20)21;/h4-6,8,10,12H,7,9H2,1-3H3,(H,16,18)(H,19,20,21);/q;+1/p-1. The third kappa shape index (κ3) is 8.64. The van der Waals surface area contributed by atoms with Crippen molar-refractivity contribution in [2.24, 2.45) is 16.8 Å². The van der Waals surface area contributed by atoms with E-state index >= 15 is 0 Å². The Kier molecular flexibility index (Phi) is 10.4. The number of rotatable bonds is 7. The van der Waals surface area contributed by atoms with Crippen molar-refractivity contribution in [1.82, 2.24) is 0 Å². The van der Waals surface area contributed by atoms with E-state index in [2.05, 4.69) is 4.99 Å². The molecule has 1 atom stereocenters. The molecule has 0 heterocycles. The first kappa shape index (κ1) is 23.6. The van der Waals surface area contributed by atoms with Crippen molar-refractivity contribution in [3.8, 4) is 0 Å². The van der Waals surface area contributed by atoms with Gasteiger partial charge in [0, 0.05) is 12.7 Å². The van der Waals surface area contributed by atoms with E-state index in [4.69, 9.17) is 4.55 Å². The Morgan fingerprint density at radius 3 is 2.50 bits per heavy atom. The van der Waals surface area contributed by atoms with E-state index in [1.165, 1.54) is 25.1 Å². The molecule has 1 unspecified atom stereocenters. The predicted molar refractivity (Wildman–Crippen MR) is 89.4 cm³/mol. The van der Waals surface area contributed by atoms with Crippen LogP contribution in [0.5, 0.6) is 0 Å². The first-order chi connectivity index (χ1) is 10.6. The molecule has 24 heavy (non-hydrogen) atoms. The van der Waals surface area contributed by atoms with Crippen molar-refractivity contribution in [3.05, 3.63) is 24.3 Å². The summed E-state index contributed by atoms with van der Waals surface area (Å²) in [5, 5.41) is 12.2. The van der Waals surface area contributed by atoms with Gasteiger partial charge in [-0.2, -0.15) is 8.42 Å². The minimum Gasteiger partial charge on any atom is -0.861 e. The Labute approximate surface area is 169 Å². The molecule has 0 saturated heterocycles. The predicted octanol–water partition coefficient (Wildman–Crippen LogP) is -0.730. The first-order valence-corrected chi connectivity index (χ1v) is 9.48. The van der Waals surface area contributed by atoms with Crippen LogP contribution in [0.1, 0.15) is 27.2 Å². The summed E-state index contributed by atoms with van der Waals surface area (Å²) in [7, 11) is -4.34. The number of nitrogens with zero attached hydrogens (tertiary/aromatic N) is 1. The van der Waals surface area contributed by atoms with E-state index in [9.17, 15) is 18.3 Å². The van der Waals surface area contributed by atoms with Gasteiger partial charge < -0.3 is 5.11 Å². The van der Waals surface area contributed by atoms with Gasteiger partial charge in [-0.25, -0.2) is 0 Å². The van der Waals surface area contributed by atoms with Crippen molar-refractivity contribution in [2.75, 3.05) is 5.75 Å². The molecule has 0 aliphatic carbocycles. The Hall–Kier alpha value is -0.380. The largest absolute Gasteiger partial charge is 1.00 e. The molecule has 1 aromatic carbocycles. The molecular formula is C15H20NNaO5S2. The Morgan fingerprint density at radius 2 is 2.00 bits per heavy atom. The molecule has 0 aliphatic heterocycles. The molecule has 0 bridgehead atoms. The minimum atomic E-state index is -4.34. The van der Waals surface area contributed by atoms with Gasteiger partial charge in [0.05, 0.1) is 10.6 Å². The van der Waals surface area contributed by atoms with Gasteiger partial charge in [-0.3, -0.25) is 14.3 Å². The first-order valence-electron chi connectivity index (χ1n) is 7.06. The van der Waals surface area contributed by atoms with Crippen LogP contribution in [0.4, 0.5) is 5.69 Å². The molecule has 1 aromatic rings. The van der Waals surface area contributed by atoms with Crippen LogP contribution in [0, 0.1) is 11.8 Å². The Morgan fingerprint density at radius 1 is 1.38 bits per heavy atom. The van der Waals surface area contributed by atoms with Crippen LogP contribution in [0.3, 0.4) is 0 Å². The van der Waals surface area contributed by atoms with Crippen LogP contribution < -0.4 is 34.7 Å². The average Bonchev–Trinajstić information content (AvgIpc) is 2.42. The quantitative estimate of drug-likeness (QED) is 0.289. The molecule has 128 valence electrons. The number of hydrogen-bond acceptors (Lipinski definition) is 6. The van der Waals surface area contributed by atoms with Gasteiger partial charge in [0.1, 0.15) is 0 Å². The third-order valence-electron chi connectivity index (χ3n) is 2.95. The van der Waals surface area contributed by atoms with Crippen molar-refractivity contribution in [1.29, 1.82) is 0 Å². The smallest absolute Gasteiger partial charge is 0.861 e. The zero-order valence-corrected chi connectivity index (χ0v) is 17.9. The van der Waals surface area contributed by atoms with Crippen molar-refractivity contribution >= 4 is 38.6 Å². The van der Waals surface area contributed by atoms with Gasteiger partial charge in [0.15, 0.2) is 5.12 Å². The van der Waals surface area contributed by atoms with E-state index < -0.39 is 21.9 Å². The third-order valence-corrected chi connectivity index (χ3v) is 4.77. The number of hydrogen-bond donors (Lipinski definition) is 1. The molecule has 1 N–H and O–H groups in total. The fourth-order valence-electron chi connectivity index (χ4n) is 1.96. The Bertz CT molecular complexity index is 689. The SMILES string of the molecule is CC(=O)SCC(CC(C)C)C([O-])=Nc1cccc(S(=O)(=O)O)c1.[Na+]. The fraction of sp³-hybridized carbons (Fsp3) is 0.467. The normalized spacial score (nSPS) is 13.5. The van der Waals surface area contributed by atoms with E-state index in [1.807, 2.05) is 13.8 Å². The summed E-state index contributed by atoms with van der Waals surface area (Å²) in [6.45, 7) is 5.38. The maximum Gasteiger partial charge on any atom is 1.00 e. The number of carbonyl (C=O) groups excluding carboxylic acids is 1. The molecule has 0 saturated carbocycles. The minimum absolute atomic E-state index is 0. The monoisotopic (exact) mass is 381 g/mol. The van der Waals surface area contributed by atoms with Crippen LogP contribution in [0.2, 0.25) is 0 Å². The number of thioether (sulfide) groups is 1. The average molecular weight is 381 g/mol. The summed E-state index contributed by atoms with van der Waals surface area (Å²) in [6, 6.07) is 5.24. The van der Waals surface area contributed by atoms with E-state index in [1.54, 1.807) is 0 Å². The molecule has 0 aliphatic rings. The topological polar surface area (TPSA) is 107 Å². The van der Waals surface area contributed by atoms with Crippen molar-refractivity contribution < 1.29 is 52.4 Å². The Balaban J connectivity index is 0.00000529. The van der Waals surface area contributed by atoms with Crippen LogP contribution in [0.15, 0.2) is 34.2 Å². The molecule has 0 spiro atoms.